The number of nitrogens with zero attached hydrogens (tertiary/aromatic N) is 1. The van der Waals surface area contributed by atoms with E-state index in [1.165, 1.54) is 11.8 Å². The molecule has 2 aliphatic rings. The number of anilines is 1. The molecule has 1 aromatic rings. The summed E-state index contributed by atoms with van der Waals surface area (Å²) in [5.41, 5.74) is 1.30. The highest BCUT2D eigenvalue weighted by molar-refractivity contribution is 8.15. The number of carbonyl (C=O) groups is 1. The van der Waals surface area contributed by atoms with Crippen LogP contribution in [0.4, 0.5) is 5.69 Å². The van der Waals surface area contributed by atoms with Crippen LogP contribution in [-0.2, 0) is 14.6 Å². The largest absolute Gasteiger partial charge is 0.383 e. The molecule has 0 saturated carbocycles. The summed E-state index contributed by atoms with van der Waals surface area (Å²) in [6.07, 6.45) is 0. The van der Waals surface area contributed by atoms with Gasteiger partial charge in [-0.25, -0.2) is 8.42 Å². The van der Waals surface area contributed by atoms with E-state index < -0.39 is 9.84 Å². The molecule has 1 fully saturated rings. The van der Waals surface area contributed by atoms with Gasteiger partial charge in [0, 0.05) is 30.2 Å². The van der Waals surface area contributed by atoms with E-state index in [1.54, 1.807) is 25.3 Å². The maximum absolute atomic E-state index is 12.0. The number of methoxy groups -OCH3 is 1. The molecule has 2 aliphatic heterocycles. The smallest absolute Gasteiger partial charge is 0.251 e. The second-order valence-electron chi connectivity index (χ2n) is 5.69. The van der Waals surface area contributed by atoms with Crippen molar-refractivity contribution in [2.75, 3.05) is 37.1 Å². The molecule has 1 aromatic carbocycles. The maximum atomic E-state index is 12.0. The number of rotatable bonds is 5. The van der Waals surface area contributed by atoms with Crippen molar-refractivity contribution in [3.63, 3.8) is 0 Å². The Labute approximate surface area is 145 Å². The SMILES string of the molecule is COCCNC(=O)c1cccc(NC2=N[C@H]3CS(=O)(=O)C[C@@H]3S2)c1. The van der Waals surface area contributed by atoms with Gasteiger partial charge in [0.1, 0.15) is 0 Å². The molecular weight excluding hydrogens is 350 g/mol. The highest BCUT2D eigenvalue weighted by Gasteiger charge is 2.42. The zero-order chi connectivity index (χ0) is 17.2. The van der Waals surface area contributed by atoms with Crippen LogP contribution in [0.15, 0.2) is 29.3 Å². The van der Waals surface area contributed by atoms with Gasteiger partial charge in [-0.2, -0.15) is 0 Å². The highest BCUT2D eigenvalue weighted by atomic mass is 32.2. The van der Waals surface area contributed by atoms with E-state index in [1.807, 2.05) is 6.07 Å². The van der Waals surface area contributed by atoms with Crippen LogP contribution in [0.5, 0.6) is 0 Å². The zero-order valence-electron chi connectivity index (χ0n) is 13.2. The van der Waals surface area contributed by atoms with Crippen molar-refractivity contribution in [3.8, 4) is 0 Å². The van der Waals surface area contributed by atoms with Crippen LogP contribution in [0.25, 0.3) is 0 Å². The number of thioether (sulfide) groups is 1. The van der Waals surface area contributed by atoms with Gasteiger partial charge in [0.2, 0.25) is 0 Å². The van der Waals surface area contributed by atoms with Crippen molar-refractivity contribution in [2.24, 2.45) is 4.99 Å². The van der Waals surface area contributed by atoms with E-state index in [4.69, 9.17) is 4.74 Å². The molecule has 7 nitrogen and oxygen atoms in total. The number of hydrogen-bond donors (Lipinski definition) is 2. The predicted octanol–water partition coefficient (Wildman–Crippen LogP) is 0.743. The number of carbonyl (C=O) groups excluding carboxylic acids is 1. The lowest BCUT2D eigenvalue weighted by atomic mass is 10.2. The molecule has 2 atom stereocenters. The Morgan fingerprint density at radius 3 is 3.00 bits per heavy atom. The second-order valence-corrected chi connectivity index (χ2v) is 9.07. The number of benzene rings is 1. The highest BCUT2D eigenvalue weighted by Crippen LogP contribution is 2.34. The fourth-order valence-corrected chi connectivity index (χ4v) is 6.32. The molecule has 0 aliphatic carbocycles. The second kappa shape index (κ2) is 7.12. The Morgan fingerprint density at radius 1 is 1.42 bits per heavy atom. The van der Waals surface area contributed by atoms with Gasteiger partial charge in [-0.1, -0.05) is 17.8 Å². The molecule has 0 spiro atoms. The van der Waals surface area contributed by atoms with Crippen molar-refractivity contribution in [1.82, 2.24) is 5.32 Å². The zero-order valence-corrected chi connectivity index (χ0v) is 14.8. The standard InChI is InChI=1S/C15H19N3O4S2/c1-22-6-5-16-14(19)10-3-2-4-11(7-10)17-15-18-12-8-24(20,21)9-13(12)23-15/h2-4,7,12-13H,5-6,8-9H2,1H3,(H,16,19)(H,17,18)/t12-,13-/m0/s1. The van der Waals surface area contributed by atoms with E-state index >= 15 is 0 Å². The molecule has 9 heteroatoms. The fourth-order valence-electron chi connectivity index (χ4n) is 2.65. The first-order chi connectivity index (χ1) is 11.5. The number of sulfone groups is 1. The number of amides is 1. The summed E-state index contributed by atoms with van der Waals surface area (Å²) in [5.74, 6) is 0.135. The topological polar surface area (TPSA) is 96.9 Å². The summed E-state index contributed by atoms with van der Waals surface area (Å²) in [6.45, 7) is 0.913. The molecule has 3 rings (SSSR count). The third-order valence-corrected chi connectivity index (χ3v) is 6.93. The lowest BCUT2D eigenvalue weighted by Gasteiger charge is -2.09. The van der Waals surface area contributed by atoms with Crippen molar-refractivity contribution in [1.29, 1.82) is 0 Å². The van der Waals surface area contributed by atoms with E-state index in [-0.39, 0.29) is 28.7 Å². The molecule has 1 saturated heterocycles. The Morgan fingerprint density at radius 2 is 2.25 bits per heavy atom. The number of fused-ring (bicyclic) bond motifs is 1. The van der Waals surface area contributed by atoms with Crippen LogP contribution in [0, 0.1) is 0 Å². The van der Waals surface area contributed by atoms with Gasteiger partial charge >= 0.3 is 0 Å². The first kappa shape index (κ1) is 17.2. The summed E-state index contributed by atoms with van der Waals surface area (Å²) in [6, 6.07) is 6.95. The Balaban J connectivity index is 1.63. The summed E-state index contributed by atoms with van der Waals surface area (Å²) < 4.78 is 28.1. The number of nitrogens with one attached hydrogen (secondary N) is 2. The number of hydrogen-bond acceptors (Lipinski definition) is 7. The third-order valence-electron chi connectivity index (χ3n) is 3.79. The van der Waals surface area contributed by atoms with Gasteiger partial charge in [-0.05, 0) is 18.2 Å². The minimum atomic E-state index is -2.95. The van der Waals surface area contributed by atoms with Gasteiger partial charge in [-0.3, -0.25) is 9.79 Å². The monoisotopic (exact) mass is 369 g/mol. The molecule has 0 bridgehead atoms. The Hall–Kier alpha value is -1.58. The van der Waals surface area contributed by atoms with E-state index in [9.17, 15) is 13.2 Å². The quantitative estimate of drug-likeness (QED) is 0.743. The summed E-state index contributed by atoms with van der Waals surface area (Å²) in [7, 11) is -1.37. The van der Waals surface area contributed by atoms with Crippen LogP contribution in [0.3, 0.4) is 0 Å². The molecule has 0 unspecified atom stereocenters. The lowest BCUT2D eigenvalue weighted by molar-refractivity contribution is 0.0937. The molecule has 24 heavy (non-hydrogen) atoms. The minimum Gasteiger partial charge on any atom is -0.383 e. The Kier molecular flexibility index (Phi) is 5.12. The van der Waals surface area contributed by atoms with Crippen molar-refractivity contribution in [3.05, 3.63) is 29.8 Å². The van der Waals surface area contributed by atoms with Crippen LogP contribution in [-0.4, -0.2) is 62.6 Å². The van der Waals surface area contributed by atoms with Gasteiger partial charge in [-0.15, -0.1) is 0 Å². The average Bonchev–Trinajstić information content (AvgIpc) is 3.00. The molecule has 2 heterocycles. The first-order valence-electron chi connectivity index (χ1n) is 7.56. The number of amidine groups is 1. The minimum absolute atomic E-state index is 0.00183. The first-order valence-corrected chi connectivity index (χ1v) is 10.3. The predicted molar refractivity (Wildman–Crippen MR) is 95.5 cm³/mol. The van der Waals surface area contributed by atoms with Gasteiger partial charge in [0.05, 0.1) is 24.2 Å². The lowest BCUT2D eigenvalue weighted by Crippen LogP contribution is -2.27. The van der Waals surface area contributed by atoms with Gasteiger partial charge in [0.25, 0.3) is 5.91 Å². The molecule has 0 radical (unpaired) electrons. The third kappa shape index (κ3) is 4.08. The van der Waals surface area contributed by atoms with Gasteiger partial charge < -0.3 is 15.4 Å². The van der Waals surface area contributed by atoms with Crippen molar-refractivity contribution < 1.29 is 17.9 Å². The van der Waals surface area contributed by atoms with Crippen LogP contribution < -0.4 is 10.6 Å². The van der Waals surface area contributed by atoms with E-state index in [2.05, 4.69) is 15.6 Å². The molecule has 130 valence electrons. The molecule has 0 aromatic heterocycles. The average molecular weight is 369 g/mol. The maximum Gasteiger partial charge on any atom is 0.251 e. The summed E-state index contributed by atoms with van der Waals surface area (Å²) >= 11 is 1.45. The van der Waals surface area contributed by atoms with Crippen LogP contribution >= 0.6 is 11.8 Å². The summed E-state index contributed by atoms with van der Waals surface area (Å²) in [5, 5.41) is 6.64. The molecule has 2 N–H and O–H groups in total. The summed E-state index contributed by atoms with van der Waals surface area (Å²) in [4.78, 5) is 16.5. The van der Waals surface area contributed by atoms with Crippen molar-refractivity contribution >= 4 is 38.4 Å². The molecular formula is C15H19N3O4S2. The van der Waals surface area contributed by atoms with Crippen LogP contribution in [0.2, 0.25) is 0 Å². The number of aliphatic imine (C=N–C) groups is 1. The van der Waals surface area contributed by atoms with E-state index in [0.717, 1.165) is 5.69 Å². The Bertz CT molecular complexity index is 764. The van der Waals surface area contributed by atoms with Gasteiger partial charge in [0.15, 0.2) is 15.0 Å². The van der Waals surface area contributed by atoms with Crippen LogP contribution in [0.1, 0.15) is 10.4 Å². The fraction of sp³-hybridized carbons (Fsp3) is 0.467. The normalized spacial score (nSPS) is 24.3. The van der Waals surface area contributed by atoms with E-state index in [0.29, 0.717) is 23.9 Å². The molecule has 1 amide bonds. The van der Waals surface area contributed by atoms with Crippen molar-refractivity contribution in [2.45, 2.75) is 11.3 Å². The number of ether oxygens (including phenoxy) is 1.